The summed E-state index contributed by atoms with van der Waals surface area (Å²) in [6, 6.07) is 3.22. The number of sulfone groups is 1. The van der Waals surface area contributed by atoms with Gasteiger partial charge in [0.15, 0.2) is 9.84 Å². The van der Waals surface area contributed by atoms with Crippen LogP contribution in [-0.2, 0) is 14.6 Å². The van der Waals surface area contributed by atoms with Crippen LogP contribution >= 0.6 is 11.6 Å². The summed E-state index contributed by atoms with van der Waals surface area (Å²) in [5.41, 5.74) is 0. The van der Waals surface area contributed by atoms with E-state index >= 15 is 0 Å². The molecule has 20 heavy (non-hydrogen) atoms. The summed E-state index contributed by atoms with van der Waals surface area (Å²) in [7, 11) is -3.90. The summed E-state index contributed by atoms with van der Waals surface area (Å²) >= 11 is 5.80. The summed E-state index contributed by atoms with van der Waals surface area (Å²) in [6.45, 7) is 0. The van der Waals surface area contributed by atoms with Gasteiger partial charge in [-0.05, 0) is 18.2 Å². The minimum absolute atomic E-state index is 0.0797. The second-order valence-electron chi connectivity index (χ2n) is 4.28. The van der Waals surface area contributed by atoms with Crippen LogP contribution in [0.4, 0.5) is 4.39 Å². The highest BCUT2D eigenvalue weighted by Gasteiger charge is 2.51. The lowest BCUT2D eigenvalue weighted by Gasteiger charge is -2.32. The van der Waals surface area contributed by atoms with Gasteiger partial charge in [-0.2, -0.15) is 0 Å². The molecule has 0 spiro atoms. The van der Waals surface area contributed by atoms with E-state index in [-0.39, 0.29) is 17.2 Å². The number of rotatable bonds is 3. The Hall–Kier alpha value is -1.60. The number of amides is 1. The molecular formula is C12H11ClFNO4S. The Bertz CT molecular complexity index is 689. The van der Waals surface area contributed by atoms with Crippen molar-refractivity contribution in [2.24, 2.45) is 0 Å². The third-order valence-electron chi connectivity index (χ3n) is 2.83. The molecule has 1 unspecified atom stereocenters. The number of hydrogen-bond acceptors (Lipinski definition) is 4. The maximum absolute atomic E-state index is 13.0. The zero-order chi connectivity index (χ0) is 15.0. The number of ether oxygens (including phenoxy) is 1. The van der Waals surface area contributed by atoms with Crippen molar-refractivity contribution in [3.63, 3.8) is 0 Å². The molecule has 108 valence electrons. The van der Waals surface area contributed by atoms with Crippen molar-refractivity contribution in [3.8, 4) is 5.75 Å². The molecule has 5 nitrogen and oxygen atoms in total. The molecule has 8 heteroatoms. The minimum atomic E-state index is -3.90. The second kappa shape index (κ2) is 5.06. The van der Waals surface area contributed by atoms with Crippen LogP contribution in [0.25, 0.3) is 0 Å². The first kappa shape index (κ1) is 14.8. The fourth-order valence-corrected chi connectivity index (χ4v) is 3.01. The van der Waals surface area contributed by atoms with Crippen molar-refractivity contribution < 1.29 is 22.3 Å². The molecule has 0 fully saturated rings. The van der Waals surface area contributed by atoms with Gasteiger partial charge in [-0.3, -0.25) is 4.79 Å². The molecule has 2 rings (SSSR count). The van der Waals surface area contributed by atoms with E-state index in [4.69, 9.17) is 16.3 Å². The summed E-state index contributed by atoms with van der Waals surface area (Å²) < 4.78 is 42.3. The first-order valence-corrected chi connectivity index (χ1v) is 7.83. The van der Waals surface area contributed by atoms with Crippen LogP contribution in [0.15, 0.2) is 30.5 Å². The first-order chi connectivity index (χ1) is 9.26. The lowest BCUT2D eigenvalue weighted by atomic mass is 10.2. The van der Waals surface area contributed by atoms with Crippen molar-refractivity contribution in [1.82, 2.24) is 5.32 Å². The van der Waals surface area contributed by atoms with Gasteiger partial charge in [0, 0.05) is 18.9 Å². The Morgan fingerprint density at radius 3 is 2.70 bits per heavy atom. The molecule has 0 aliphatic carbocycles. The third-order valence-corrected chi connectivity index (χ3v) is 4.76. The number of nitrogens with one attached hydrogen (secondary N) is 1. The summed E-state index contributed by atoms with van der Waals surface area (Å²) in [6.07, 6.45) is 3.52. The van der Waals surface area contributed by atoms with Crippen molar-refractivity contribution in [2.75, 3.05) is 6.26 Å². The minimum Gasteiger partial charge on any atom is -0.460 e. The highest BCUT2D eigenvalue weighted by atomic mass is 35.5. The molecule has 0 aromatic heterocycles. The van der Waals surface area contributed by atoms with Crippen molar-refractivity contribution in [2.45, 2.75) is 11.4 Å². The Morgan fingerprint density at radius 2 is 2.15 bits per heavy atom. The van der Waals surface area contributed by atoms with Gasteiger partial charge < -0.3 is 10.1 Å². The number of carbonyl (C=O) groups is 1. The van der Waals surface area contributed by atoms with Gasteiger partial charge in [0.1, 0.15) is 11.6 Å². The predicted octanol–water partition coefficient (Wildman–Crippen LogP) is 1.63. The predicted molar refractivity (Wildman–Crippen MR) is 71.5 cm³/mol. The van der Waals surface area contributed by atoms with Crippen molar-refractivity contribution in [3.05, 3.63) is 41.3 Å². The summed E-state index contributed by atoms with van der Waals surface area (Å²) in [4.78, 5) is 9.85. The van der Waals surface area contributed by atoms with Crippen molar-refractivity contribution in [1.29, 1.82) is 0 Å². The third kappa shape index (κ3) is 2.51. The smallest absolute Gasteiger partial charge is 0.289 e. The maximum Gasteiger partial charge on any atom is 0.289 e. The standard InChI is InChI=1S/C12H11ClFNO4S/c1-20(17,18)12(5-2-6-15-11(12)16)19-10-4-3-8(14)7-9(10)13/h2-4,6-7H,5H2,1H3,(H,15,16). The van der Waals surface area contributed by atoms with E-state index in [1.54, 1.807) is 0 Å². The molecule has 0 bridgehead atoms. The maximum atomic E-state index is 13.0. The van der Waals surface area contributed by atoms with E-state index in [1.165, 1.54) is 18.3 Å². The molecule has 1 aromatic carbocycles. The molecule has 1 aliphatic rings. The van der Waals surface area contributed by atoms with E-state index in [2.05, 4.69) is 5.32 Å². The topological polar surface area (TPSA) is 72.5 Å². The van der Waals surface area contributed by atoms with E-state index in [1.807, 2.05) is 0 Å². The average molecular weight is 320 g/mol. The van der Waals surface area contributed by atoms with Gasteiger partial charge in [-0.25, -0.2) is 12.8 Å². The highest BCUT2D eigenvalue weighted by Crippen LogP contribution is 2.33. The summed E-state index contributed by atoms with van der Waals surface area (Å²) in [5.74, 6) is -1.49. The van der Waals surface area contributed by atoms with Gasteiger partial charge in [-0.15, -0.1) is 0 Å². The van der Waals surface area contributed by atoms with E-state index in [0.29, 0.717) is 0 Å². The molecular weight excluding hydrogens is 309 g/mol. The number of benzene rings is 1. The van der Waals surface area contributed by atoms with Crippen LogP contribution in [0.5, 0.6) is 5.75 Å². The number of hydrogen-bond donors (Lipinski definition) is 1. The Morgan fingerprint density at radius 1 is 1.45 bits per heavy atom. The van der Waals surface area contributed by atoms with Gasteiger partial charge in [0.25, 0.3) is 10.8 Å². The average Bonchev–Trinajstić information content (AvgIpc) is 2.34. The molecule has 1 N–H and O–H groups in total. The van der Waals surface area contributed by atoms with Gasteiger partial charge in [0.2, 0.25) is 0 Å². The number of carbonyl (C=O) groups excluding carboxylic acids is 1. The molecule has 1 amide bonds. The molecule has 0 saturated carbocycles. The first-order valence-electron chi connectivity index (χ1n) is 5.56. The van der Waals surface area contributed by atoms with Crippen LogP contribution in [0.1, 0.15) is 6.42 Å². The largest absolute Gasteiger partial charge is 0.460 e. The van der Waals surface area contributed by atoms with Gasteiger partial charge >= 0.3 is 0 Å². The molecule has 1 heterocycles. The molecule has 1 atom stereocenters. The molecule has 0 radical (unpaired) electrons. The van der Waals surface area contributed by atoms with Crippen molar-refractivity contribution >= 4 is 27.3 Å². The summed E-state index contributed by atoms with van der Waals surface area (Å²) in [5, 5.41) is 2.17. The van der Waals surface area contributed by atoms with Crippen LogP contribution in [0.2, 0.25) is 5.02 Å². The normalized spacial score (nSPS) is 22.4. The second-order valence-corrected chi connectivity index (χ2v) is 6.89. The van der Waals surface area contributed by atoms with Crippen LogP contribution in [-0.4, -0.2) is 25.5 Å². The quantitative estimate of drug-likeness (QED) is 0.919. The van der Waals surface area contributed by atoms with E-state index < -0.39 is 26.5 Å². The number of halogens is 2. The van der Waals surface area contributed by atoms with Gasteiger partial charge in [0.05, 0.1) is 5.02 Å². The zero-order valence-electron chi connectivity index (χ0n) is 10.4. The van der Waals surface area contributed by atoms with Crippen LogP contribution in [0.3, 0.4) is 0 Å². The monoisotopic (exact) mass is 319 g/mol. The highest BCUT2D eigenvalue weighted by molar-refractivity contribution is 7.92. The molecule has 0 saturated heterocycles. The van der Waals surface area contributed by atoms with E-state index in [0.717, 1.165) is 18.4 Å². The SMILES string of the molecule is CS(=O)(=O)C1(Oc2ccc(F)cc2Cl)CC=CNC1=O. The molecule has 1 aliphatic heterocycles. The lowest BCUT2D eigenvalue weighted by molar-refractivity contribution is -0.130. The fourth-order valence-electron chi connectivity index (χ4n) is 1.77. The van der Waals surface area contributed by atoms with E-state index in [9.17, 15) is 17.6 Å². The Balaban J connectivity index is 2.49. The van der Waals surface area contributed by atoms with Crippen LogP contribution in [0, 0.1) is 5.82 Å². The fraction of sp³-hybridized carbons (Fsp3) is 0.250. The van der Waals surface area contributed by atoms with Gasteiger partial charge in [-0.1, -0.05) is 17.7 Å². The Kier molecular flexibility index (Phi) is 3.75. The zero-order valence-corrected chi connectivity index (χ0v) is 12.0. The van der Waals surface area contributed by atoms with Crippen LogP contribution < -0.4 is 10.1 Å². The Labute approximate surface area is 120 Å². The molecule has 1 aromatic rings. The lowest BCUT2D eigenvalue weighted by Crippen LogP contribution is -2.56.